The lowest BCUT2D eigenvalue weighted by molar-refractivity contribution is -0.153. The molecule has 0 spiro atoms. The van der Waals surface area contributed by atoms with E-state index in [1.807, 2.05) is 13.8 Å². The number of esters is 1. The third-order valence-electron chi connectivity index (χ3n) is 3.74. The first-order valence-corrected chi connectivity index (χ1v) is 7.77. The smallest absolute Gasteiger partial charge is 0.326 e. The molecule has 130 valence electrons. The van der Waals surface area contributed by atoms with Crippen LogP contribution in [0.1, 0.15) is 39.5 Å². The maximum Gasteiger partial charge on any atom is 0.326 e. The van der Waals surface area contributed by atoms with Crippen LogP contribution in [0.2, 0.25) is 0 Å². The molecule has 1 rings (SSSR count). The summed E-state index contributed by atoms with van der Waals surface area (Å²) in [7, 11) is 3.08. The fraction of sp³-hybridized carbons (Fsp3) is 0.733. The maximum absolute atomic E-state index is 12.6. The average Bonchev–Trinajstić information content (AvgIpc) is 2.70. The zero-order chi connectivity index (χ0) is 17.6. The molecule has 4 amide bonds. The van der Waals surface area contributed by atoms with Crippen LogP contribution in [0.25, 0.3) is 0 Å². The van der Waals surface area contributed by atoms with E-state index in [1.54, 1.807) is 0 Å². The highest BCUT2D eigenvalue weighted by molar-refractivity contribution is 6.08. The van der Waals surface area contributed by atoms with Gasteiger partial charge in [0.25, 0.3) is 11.8 Å². The van der Waals surface area contributed by atoms with Gasteiger partial charge >= 0.3 is 12.0 Å². The lowest BCUT2D eigenvalue weighted by Crippen LogP contribution is -2.47. The number of urea groups is 1. The summed E-state index contributed by atoms with van der Waals surface area (Å²) in [6, 6.07) is -0.590. The minimum absolute atomic E-state index is 0.373. The summed E-state index contributed by atoms with van der Waals surface area (Å²) >= 11 is 0. The van der Waals surface area contributed by atoms with Crippen LogP contribution in [0.5, 0.6) is 0 Å². The Morgan fingerprint density at radius 1 is 1.17 bits per heavy atom. The molecular weight excluding hydrogens is 302 g/mol. The van der Waals surface area contributed by atoms with Gasteiger partial charge in [-0.2, -0.15) is 0 Å². The van der Waals surface area contributed by atoms with Crippen LogP contribution in [0.3, 0.4) is 0 Å². The summed E-state index contributed by atoms with van der Waals surface area (Å²) in [5.41, 5.74) is -0.930. The van der Waals surface area contributed by atoms with E-state index in [2.05, 4.69) is 5.32 Å². The van der Waals surface area contributed by atoms with Gasteiger partial charge in [-0.05, 0) is 12.8 Å². The molecule has 0 aromatic heterocycles. The standard InChI is InChI=1S/C15H25N3O5/c1-5-7-15(8-6-2)13(21)18(14(22)16-15)9-12(20)23-10-11(19)17(3)4/h5-10H2,1-4H3,(H,16,22). The van der Waals surface area contributed by atoms with E-state index < -0.39 is 36.6 Å². The molecule has 1 heterocycles. The third kappa shape index (κ3) is 4.43. The van der Waals surface area contributed by atoms with E-state index in [1.165, 1.54) is 19.0 Å². The second-order valence-corrected chi connectivity index (χ2v) is 5.85. The van der Waals surface area contributed by atoms with Crippen LogP contribution in [0.15, 0.2) is 0 Å². The summed E-state index contributed by atoms with van der Waals surface area (Å²) in [5, 5.41) is 2.71. The molecule has 0 radical (unpaired) electrons. The average molecular weight is 327 g/mol. The van der Waals surface area contributed by atoms with Crippen molar-refractivity contribution < 1.29 is 23.9 Å². The number of imide groups is 1. The van der Waals surface area contributed by atoms with Gasteiger partial charge in [-0.15, -0.1) is 0 Å². The van der Waals surface area contributed by atoms with Crippen molar-refractivity contribution in [2.24, 2.45) is 0 Å². The summed E-state index contributed by atoms with van der Waals surface area (Å²) in [6.45, 7) is 2.96. The second-order valence-electron chi connectivity index (χ2n) is 5.85. The van der Waals surface area contributed by atoms with Crippen molar-refractivity contribution in [1.82, 2.24) is 15.1 Å². The minimum atomic E-state index is -0.930. The van der Waals surface area contributed by atoms with Crippen molar-refractivity contribution in [1.29, 1.82) is 0 Å². The van der Waals surface area contributed by atoms with E-state index in [0.717, 1.165) is 17.7 Å². The summed E-state index contributed by atoms with van der Waals surface area (Å²) in [4.78, 5) is 49.9. The second kappa shape index (κ2) is 7.94. The van der Waals surface area contributed by atoms with Gasteiger partial charge in [0.05, 0.1) is 0 Å². The lowest BCUT2D eigenvalue weighted by Gasteiger charge is -2.25. The highest BCUT2D eigenvalue weighted by atomic mass is 16.5. The van der Waals surface area contributed by atoms with E-state index in [-0.39, 0.29) is 5.91 Å². The van der Waals surface area contributed by atoms with E-state index in [4.69, 9.17) is 4.74 Å². The van der Waals surface area contributed by atoms with E-state index >= 15 is 0 Å². The number of amides is 4. The first-order valence-electron chi connectivity index (χ1n) is 7.77. The maximum atomic E-state index is 12.6. The molecule has 0 unspecified atom stereocenters. The zero-order valence-electron chi connectivity index (χ0n) is 14.2. The van der Waals surface area contributed by atoms with Crippen molar-refractivity contribution in [3.05, 3.63) is 0 Å². The van der Waals surface area contributed by atoms with Gasteiger partial charge in [-0.25, -0.2) is 4.79 Å². The number of carbonyl (C=O) groups is 4. The monoisotopic (exact) mass is 327 g/mol. The molecule has 23 heavy (non-hydrogen) atoms. The molecule has 8 heteroatoms. The molecule has 8 nitrogen and oxygen atoms in total. The topological polar surface area (TPSA) is 96.0 Å². The molecule has 0 saturated carbocycles. The highest BCUT2D eigenvalue weighted by Crippen LogP contribution is 2.27. The minimum Gasteiger partial charge on any atom is -0.454 e. The van der Waals surface area contributed by atoms with Crippen LogP contribution < -0.4 is 5.32 Å². The first kappa shape index (κ1) is 18.9. The summed E-state index contributed by atoms with van der Waals surface area (Å²) in [5.74, 6) is -1.56. The van der Waals surface area contributed by atoms with Crippen LogP contribution in [0.4, 0.5) is 4.79 Å². The zero-order valence-corrected chi connectivity index (χ0v) is 14.2. The molecule has 1 saturated heterocycles. The quantitative estimate of drug-likeness (QED) is 0.517. The fourth-order valence-electron chi connectivity index (χ4n) is 2.58. The van der Waals surface area contributed by atoms with Crippen LogP contribution in [0, 0.1) is 0 Å². The van der Waals surface area contributed by atoms with E-state index in [0.29, 0.717) is 12.8 Å². The summed E-state index contributed by atoms with van der Waals surface area (Å²) < 4.78 is 4.81. The highest BCUT2D eigenvalue weighted by Gasteiger charge is 2.50. The predicted molar refractivity (Wildman–Crippen MR) is 82.4 cm³/mol. The Balaban J connectivity index is 2.70. The summed E-state index contributed by atoms with van der Waals surface area (Å²) in [6.07, 6.45) is 2.52. The van der Waals surface area contributed by atoms with E-state index in [9.17, 15) is 19.2 Å². The van der Waals surface area contributed by atoms with Gasteiger partial charge < -0.3 is 15.0 Å². The van der Waals surface area contributed by atoms with Gasteiger partial charge in [-0.1, -0.05) is 26.7 Å². The molecule has 0 atom stereocenters. The van der Waals surface area contributed by atoms with Crippen LogP contribution in [-0.2, 0) is 19.1 Å². The third-order valence-corrected chi connectivity index (χ3v) is 3.74. The van der Waals surface area contributed by atoms with Gasteiger partial charge in [0.1, 0.15) is 12.1 Å². The van der Waals surface area contributed by atoms with Crippen molar-refractivity contribution in [2.45, 2.75) is 45.1 Å². The van der Waals surface area contributed by atoms with Crippen molar-refractivity contribution in [2.75, 3.05) is 27.2 Å². The van der Waals surface area contributed by atoms with Crippen LogP contribution in [-0.4, -0.2) is 66.4 Å². The molecule has 1 fully saturated rings. The number of rotatable bonds is 8. The molecule has 1 N–H and O–H groups in total. The lowest BCUT2D eigenvalue weighted by atomic mass is 9.88. The largest absolute Gasteiger partial charge is 0.454 e. The Kier molecular flexibility index (Phi) is 6.53. The number of hydrogen-bond acceptors (Lipinski definition) is 5. The number of nitrogens with one attached hydrogen (secondary N) is 1. The Labute approximate surface area is 136 Å². The fourth-order valence-corrected chi connectivity index (χ4v) is 2.58. The molecule has 0 aliphatic carbocycles. The Morgan fingerprint density at radius 3 is 2.22 bits per heavy atom. The number of hydrogen-bond donors (Lipinski definition) is 1. The SMILES string of the molecule is CCCC1(CCC)NC(=O)N(CC(=O)OCC(=O)N(C)C)C1=O. The molecule has 0 bridgehead atoms. The molecule has 0 aromatic carbocycles. The number of nitrogens with zero attached hydrogens (tertiary/aromatic N) is 2. The Morgan fingerprint density at radius 2 is 1.74 bits per heavy atom. The normalized spacial score (nSPS) is 16.3. The predicted octanol–water partition coefficient (Wildman–Crippen LogP) is 0.509. The number of carbonyl (C=O) groups excluding carboxylic acids is 4. The Bertz CT molecular complexity index is 484. The molecule has 0 aromatic rings. The van der Waals surface area contributed by atoms with Crippen molar-refractivity contribution in [3.63, 3.8) is 0 Å². The first-order chi connectivity index (χ1) is 10.8. The number of ether oxygens (including phenoxy) is 1. The van der Waals surface area contributed by atoms with Gasteiger partial charge in [0.2, 0.25) is 0 Å². The van der Waals surface area contributed by atoms with Crippen molar-refractivity contribution >= 4 is 23.8 Å². The molecular formula is C15H25N3O5. The van der Waals surface area contributed by atoms with Gasteiger partial charge in [0.15, 0.2) is 6.61 Å². The number of likely N-dealkylation sites (N-methyl/N-ethyl adjacent to an activating group) is 1. The van der Waals surface area contributed by atoms with Gasteiger partial charge in [-0.3, -0.25) is 19.3 Å². The molecule has 1 aliphatic rings. The van der Waals surface area contributed by atoms with Crippen LogP contribution >= 0.6 is 0 Å². The van der Waals surface area contributed by atoms with Crippen molar-refractivity contribution in [3.8, 4) is 0 Å². The Hall–Kier alpha value is -2.12. The van der Waals surface area contributed by atoms with Gasteiger partial charge in [0, 0.05) is 14.1 Å². The molecule has 1 aliphatic heterocycles.